The van der Waals surface area contributed by atoms with E-state index in [1.807, 2.05) is 35.2 Å². The molecule has 0 saturated carbocycles. The third-order valence-corrected chi connectivity index (χ3v) is 5.61. The van der Waals surface area contributed by atoms with Gasteiger partial charge in [-0.25, -0.2) is 0 Å². The SMILES string of the molecule is O=C(c1cc2cc(O)c(OCc3ccccc3)cc2[nH]1)N1CCC(CCO)CC1. The van der Waals surface area contributed by atoms with Crippen LogP contribution in [0.15, 0.2) is 48.5 Å². The van der Waals surface area contributed by atoms with E-state index in [-0.39, 0.29) is 18.3 Å². The van der Waals surface area contributed by atoms with Crippen molar-refractivity contribution in [1.29, 1.82) is 0 Å². The summed E-state index contributed by atoms with van der Waals surface area (Å²) in [6.45, 7) is 1.97. The third-order valence-electron chi connectivity index (χ3n) is 5.61. The maximum atomic E-state index is 12.9. The van der Waals surface area contributed by atoms with Gasteiger partial charge >= 0.3 is 0 Å². The van der Waals surface area contributed by atoms with Gasteiger partial charge in [0, 0.05) is 36.7 Å². The summed E-state index contributed by atoms with van der Waals surface area (Å²) in [5.41, 5.74) is 2.28. The summed E-state index contributed by atoms with van der Waals surface area (Å²) in [5.74, 6) is 0.895. The van der Waals surface area contributed by atoms with E-state index in [2.05, 4.69) is 4.98 Å². The number of fused-ring (bicyclic) bond motifs is 1. The number of aromatic hydroxyl groups is 1. The molecule has 1 aliphatic rings. The molecule has 3 aromatic rings. The Balaban J connectivity index is 1.47. The summed E-state index contributed by atoms with van der Waals surface area (Å²) < 4.78 is 5.77. The molecule has 4 rings (SSSR count). The molecule has 1 aromatic heterocycles. The second-order valence-corrected chi connectivity index (χ2v) is 7.61. The van der Waals surface area contributed by atoms with Gasteiger partial charge in [0.25, 0.3) is 5.91 Å². The van der Waals surface area contributed by atoms with Crippen LogP contribution in [0.5, 0.6) is 11.5 Å². The summed E-state index contributed by atoms with van der Waals surface area (Å²) >= 11 is 0. The number of hydrogen-bond acceptors (Lipinski definition) is 4. The van der Waals surface area contributed by atoms with Crippen LogP contribution in [0, 0.1) is 5.92 Å². The fourth-order valence-electron chi connectivity index (χ4n) is 3.89. The minimum atomic E-state index is -0.0325. The smallest absolute Gasteiger partial charge is 0.270 e. The third kappa shape index (κ3) is 4.38. The number of aromatic nitrogens is 1. The Hall–Kier alpha value is -2.99. The quantitative estimate of drug-likeness (QED) is 0.595. The Morgan fingerprint density at radius 2 is 1.90 bits per heavy atom. The molecular formula is C23H26N2O4. The van der Waals surface area contributed by atoms with Crippen molar-refractivity contribution >= 4 is 16.8 Å². The van der Waals surface area contributed by atoms with Crippen LogP contribution < -0.4 is 4.74 Å². The summed E-state index contributed by atoms with van der Waals surface area (Å²) in [5, 5.41) is 20.2. The number of rotatable bonds is 6. The number of phenolic OH excluding ortho intramolecular Hbond substituents is 1. The number of piperidine rings is 1. The molecule has 0 unspecified atom stereocenters. The monoisotopic (exact) mass is 394 g/mol. The van der Waals surface area contributed by atoms with Gasteiger partial charge in [-0.3, -0.25) is 4.79 Å². The van der Waals surface area contributed by atoms with Gasteiger partial charge in [-0.05, 0) is 42.9 Å². The number of aliphatic hydroxyl groups excluding tert-OH is 1. The second kappa shape index (κ2) is 8.57. The average molecular weight is 394 g/mol. The van der Waals surface area contributed by atoms with Crippen LogP contribution in [0.3, 0.4) is 0 Å². The molecule has 1 fully saturated rings. The predicted octanol–water partition coefficient (Wildman–Crippen LogP) is 3.69. The highest BCUT2D eigenvalue weighted by Gasteiger charge is 2.24. The number of H-pyrrole nitrogens is 1. The van der Waals surface area contributed by atoms with E-state index in [1.165, 1.54) is 0 Å². The summed E-state index contributed by atoms with van der Waals surface area (Å²) in [7, 11) is 0. The molecule has 6 heteroatoms. The van der Waals surface area contributed by atoms with Crippen molar-refractivity contribution in [2.75, 3.05) is 19.7 Å². The predicted molar refractivity (Wildman–Crippen MR) is 111 cm³/mol. The van der Waals surface area contributed by atoms with Crippen LogP contribution >= 0.6 is 0 Å². The molecule has 6 nitrogen and oxygen atoms in total. The molecule has 152 valence electrons. The van der Waals surface area contributed by atoms with Crippen molar-refractivity contribution in [3.8, 4) is 11.5 Å². The van der Waals surface area contributed by atoms with Gasteiger partial charge in [0.2, 0.25) is 0 Å². The van der Waals surface area contributed by atoms with Crippen molar-refractivity contribution in [2.45, 2.75) is 25.9 Å². The lowest BCUT2D eigenvalue weighted by Crippen LogP contribution is -2.38. The summed E-state index contributed by atoms with van der Waals surface area (Å²) in [6.07, 6.45) is 2.65. The minimum absolute atomic E-state index is 0.0325. The largest absolute Gasteiger partial charge is 0.504 e. The van der Waals surface area contributed by atoms with Gasteiger partial charge in [0.05, 0.1) is 0 Å². The van der Waals surface area contributed by atoms with E-state index in [4.69, 9.17) is 9.84 Å². The zero-order valence-corrected chi connectivity index (χ0v) is 16.3. The summed E-state index contributed by atoms with van der Waals surface area (Å²) in [4.78, 5) is 17.9. The topological polar surface area (TPSA) is 85.8 Å². The Labute approximate surface area is 169 Å². The fraction of sp³-hybridized carbons (Fsp3) is 0.348. The standard InChI is InChI=1S/C23H26N2O4/c26-11-8-16-6-9-25(10-7-16)23(28)20-12-18-13-21(27)22(14-19(18)24-20)29-15-17-4-2-1-3-5-17/h1-5,12-14,16,24,26-27H,6-11,15H2. The Morgan fingerprint density at radius 3 is 2.62 bits per heavy atom. The molecular weight excluding hydrogens is 368 g/mol. The first-order chi connectivity index (χ1) is 14.1. The number of benzene rings is 2. The van der Waals surface area contributed by atoms with E-state index < -0.39 is 0 Å². The highest BCUT2D eigenvalue weighted by molar-refractivity contribution is 5.98. The number of ether oxygens (including phenoxy) is 1. The molecule has 0 atom stereocenters. The highest BCUT2D eigenvalue weighted by atomic mass is 16.5. The first kappa shape index (κ1) is 19.3. The summed E-state index contributed by atoms with van der Waals surface area (Å²) in [6, 6.07) is 14.9. The number of aromatic amines is 1. The van der Waals surface area contributed by atoms with Crippen molar-refractivity contribution in [1.82, 2.24) is 9.88 Å². The van der Waals surface area contributed by atoms with Crippen LogP contribution in [0.2, 0.25) is 0 Å². The van der Waals surface area contributed by atoms with Gasteiger partial charge in [-0.15, -0.1) is 0 Å². The maximum Gasteiger partial charge on any atom is 0.270 e. The van der Waals surface area contributed by atoms with E-state index in [0.717, 1.165) is 35.7 Å². The van der Waals surface area contributed by atoms with Gasteiger partial charge in [0.1, 0.15) is 12.3 Å². The Bertz CT molecular complexity index is 975. The van der Waals surface area contributed by atoms with Gasteiger partial charge < -0.3 is 24.8 Å². The lowest BCUT2D eigenvalue weighted by Gasteiger charge is -2.31. The number of nitrogens with zero attached hydrogens (tertiary/aromatic N) is 1. The Morgan fingerprint density at radius 1 is 1.14 bits per heavy atom. The molecule has 0 aliphatic carbocycles. The number of aliphatic hydroxyl groups is 1. The molecule has 3 N–H and O–H groups in total. The second-order valence-electron chi connectivity index (χ2n) is 7.61. The van der Waals surface area contributed by atoms with E-state index >= 15 is 0 Å². The van der Waals surface area contributed by atoms with Crippen LogP contribution in [0.4, 0.5) is 0 Å². The minimum Gasteiger partial charge on any atom is -0.504 e. The number of phenols is 1. The average Bonchev–Trinajstić information content (AvgIpc) is 3.16. The van der Waals surface area contributed by atoms with Crippen molar-refractivity contribution in [3.05, 3.63) is 59.8 Å². The van der Waals surface area contributed by atoms with Crippen LogP contribution in [0.1, 0.15) is 35.3 Å². The van der Waals surface area contributed by atoms with E-state index in [0.29, 0.717) is 37.1 Å². The highest BCUT2D eigenvalue weighted by Crippen LogP contribution is 2.32. The number of hydrogen-bond donors (Lipinski definition) is 3. The van der Waals surface area contributed by atoms with Crippen molar-refractivity contribution in [2.24, 2.45) is 5.92 Å². The zero-order chi connectivity index (χ0) is 20.2. The first-order valence-electron chi connectivity index (χ1n) is 10.1. The number of carbonyl (C=O) groups excluding carboxylic acids is 1. The maximum absolute atomic E-state index is 12.9. The van der Waals surface area contributed by atoms with E-state index in [9.17, 15) is 9.90 Å². The van der Waals surface area contributed by atoms with Gasteiger partial charge in [-0.2, -0.15) is 0 Å². The number of nitrogens with one attached hydrogen (secondary N) is 1. The Kier molecular flexibility index (Phi) is 5.71. The molecule has 1 saturated heterocycles. The van der Waals surface area contributed by atoms with E-state index in [1.54, 1.807) is 18.2 Å². The number of carbonyl (C=O) groups is 1. The normalized spacial score (nSPS) is 15.0. The van der Waals surface area contributed by atoms with Gasteiger partial charge in [-0.1, -0.05) is 30.3 Å². The van der Waals surface area contributed by atoms with Crippen molar-refractivity contribution in [3.63, 3.8) is 0 Å². The van der Waals surface area contributed by atoms with Crippen LogP contribution in [-0.2, 0) is 6.61 Å². The molecule has 2 aromatic carbocycles. The van der Waals surface area contributed by atoms with Crippen LogP contribution in [0.25, 0.3) is 10.9 Å². The molecule has 0 radical (unpaired) electrons. The van der Waals surface area contributed by atoms with Crippen molar-refractivity contribution < 1.29 is 19.7 Å². The lowest BCUT2D eigenvalue weighted by molar-refractivity contribution is 0.0673. The molecule has 0 spiro atoms. The first-order valence-corrected chi connectivity index (χ1v) is 10.1. The van der Waals surface area contributed by atoms with Crippen LogP contribution in [-0.4, -0.2) is 45.7 Å². The molecule has 1 amide bonds. The number of likely N-dealkylation sites (tertiary alicyclic amines) is 1. The lowest BCUT2D eigenvalue weighted by atomic mass is 9.94. The molecule has 2 heterocycles. The van der Waals surface area contributed by atoms with Gasteiger partial charge in [0.15, 0.2) is 11.5 Å². The number of amides is 1. The molecule has 0 bridgehead atoms. The fourth-order valence-corrected chi connectivity index (χ4v) is 3.89. The zero-order valence-electron chi connectivity index (χ0n) is 16.3. The molecule has 1 aliphatic heterocycles. The molecule has 29 heavy (non-hydrogen) atoms.